The third kappa shape index (κ3) is 3.32. The van der Waals surface area contributed by atoms with Crippen molar-refractivity contribution < 1.29 is 19.4 Å². The fraction of sp³-hybridized carbons (Fsp3) is 0.450. The van der Waals surface area contributed by atoms with Crippen LogP contribution in [0.3, 0.4) is 0 Å². The number of thiazole rings is 1. The van der Waals surface area contributed by atoms with E-state index < -0.39 is 12.0 Å². The summed E-state index contributed by atoms with van der Waals surface area (Å²) in [7, 11) is 1.61. The summed E-state index contributed by atoms with van der Waals surface area (Å²) >= 11 is 1.40. The highest BCUT2D eigenvalue weighted by Gasteiger charge is 2.48. The Morgan fingerprint density at radius 2 is 1.96 bits per heavy atom. The van der Waals surface area contributed by atoms with Gasteiger partial charge in [0, 0.05) is 17.0 Å². The van der Waals surface area contributed by atoms with Crippen LogP contribution in [0, 0.1) is 5.92 Å². The van der Waals surface area contributed by atoms with Gasteiger partial charge in [-0.3, -0.25) is 4.79 Å². The van der Waals surface area contributed by atoms with Crippen LogP contribution >= 0.6 is 11.3 Å². The maximum atomic E-state index is 13.1. The van der Waals surface area contributed by atoms with E-state index in [2.05, 4.69) is 4.98 Å². The van der Waals surface area contributed by atoms with Gasteiger partial charge < -0.3 is 14.7 Å². The topological polar surface area (TPSA) is 79.7 Å². The molecule has 0 radical (unpaired) electrons. The molecular weight excluding hydrogens is 364 g/mol. The first kappa shape index (κ1) is 18.0. The smallest absolute Gasteiger partial charge is 0.326 e. The molecule has 1 N–H and O–H groups in total. The third-order valence-corrected chi connectivity index (χ3v) is 6.56. The highest BCUT2D eigenvalue weighted by atomic mass is 32.1. The molecule has 142 valence electrons. The monoisotopic (exact) mass is 386 g/mol. The number of methoxy groups -OCH3 is 1. The molecule has 3 atom stereocenters. The Morgan fingerprint density at radius 3 is 2.67 bits per heavy atom. The molecular formula is C20H22N2O4S. The van der Waals surface area contributed by atoms with Crippen molar-refractivity contribution in [2.24, 2.45) is 5.92 Å². The fourth-order valence-electron chi connectivity index (χ4n) is 4.34. The molecule has 1 aliphatic carbocycles. The Bertz CT molecular complexity index is 848. The number of ether oxygens (including phenoxy) is 1. The third-order valence-electron chi connectivity index (χ3n) is 5.67. The second-order valence-corrected chi connectivity index (χ2v) is 8.04. The minimum Gasteiger partial charge on any atom is -0.497 e. The normalized spacial score (nSPS) is 24.5. The summed E-state index contributed by atoms with van der Waals surface area (Å²) in [5.74, 6) is -0.115. The number of hydrogen-bond acceptors (Lipinski definition) is 5. The SMILES string of the molecule is COc1ccc(-c2nc(C(=O)N3C(C(=O)O)CC4CCCCC43)cs2)cc1. The zero-order valence-corrected chi connectivity index (χ0v) is 15.9. The molecule has 1 saturated heterocycles. The quantitative estimate of drug-likeness (QED) is 0.867. The van der Waals surface area contributed by atoms with E-state index >= 15 is 0 Å². The Labute approximate surface area is 161 Å². The Balaban J connectivity index is 1.59. The van der Waals surface area contributed by atoms with Crippen molar-refractivity contribution in [1.29, 1.82) is 0 Å². The van der Waals surface area contributed by atoms with E-state index in [0.29, 0.717) is 18.0 Å². The number of carboxylic acid groups (broad SMARTS) is 1. The number of rotatable bonds is 4. The second kappa shape index (κ2) is 7.31. The molecule has 7 heteroatoms. The Kier molecular flexibility index (Phi) is 4.86. The maximum absolute atomic E-state index is 13.1. The number of aliphatic carboxylic acids is 1. The molecule has 1 amide bonds. The average Bonchev–Trinajstić information content (AvgIpc) is 3.33. The van der Waals surface area contributed by atoms with E-state index in [1.165, 1.54) is 11.3 Å². The molecule has 2 heterocycles. The molecule has 4 rings (SSSR count). The molecule has 6 nitrogen and oxygen atoms in total. The summed E-state index contributed by atoms with van der Waals surface area (Å²) in [5, 5.41) is 12.1. The van der Waals surface area contributed by atoms with Crippen molar-refractivity contribution in [3.05, 3.63) is 35.3 Å². The van der Waals surface area contributed by atoms with Gasteiger partial charge in [-0.15, -0.1) is 11.3 Å². The lowest BCUT2D eigenvalue weighted by atomic mass is 9.84. The van der Waals surface area contributed by atoms with E-state index in [0.717, 1.165) is 42.0 Å². The number of likely N-dealkylation sites (tertiary alicyclic amines) is 1. The molecule has 2 aliphatic rings. The number of benzene rings is 1. The minimum absolute atomic E-state index is 0.0264. The maximum Gasteiger partial charge on any atom is 0.326 e. The van der Waals surface area contributed by atoms with Crippen LogP contribution in [0.1, 0.15) is 42.6 Å². The molecule has 1 aliphatic heterocycles. The van der Waals surface area contributed by atoms with E-state index in [1.54, 1.807) is 17.4 Å². The average molecular weight is 386 g/mol. The van der Waals surface area contributed by atoms with Gasteiger partial charge in [-0.1, -0.05) is 12.8 Å². The standard InChI is InChI=1S/C20H22N2O4S/c1-26-14-8-6-12(7-9-14)18-21-15(11-27-18)19(23)22-16-5-3-2-4-13(16)10-17(22)20(24)25/h6-9,11,13,16-17H,2-5,10H2,1H3,(H,24,25). The van der Waals surface area contributed by atoms with Crippen LogP contribution < -0.4 is 4.74 Å². The summed E-state index contributed by atoms with van der Waals surface area (Å²) in [4.78, 5) is 31.0. The predicted octanol–water partition coefficient (Wildman–Crippen LogP) is 3.68. The number of aromatic nitrogens is 1. The lowest BCUT2D eigenvalue weighted by Crippen LogP contribution is -2.46. The van der Waals surface area contributed by atoms with Crippen LogP contribution in [-0.2, 0) is 4.79 Å². The first-order valence-corrected chi connectivity index (χ1v) is 10.1. The minimum atomic E-state index is -0.914. The van der Waals surface area contributed by atoms with Crippen molar-refractivity contribution in [2.75, 3.05) is 7.11 Å². The molecule has 0 spiro atoms. The van der Waals surface area contributed by atoms with Crippen LogP contribution in [0.15, 0.2) is 29.6 Å². The van der Waals surface area contributed by atoms with Crippen molar-refractivity contribution in [3.63, 3.8) is 0 Å². The van der Waals surface area contributed by atoms with Gasteiger partial charge in [0.05, 0.1) is 7.11 Å². The van der Waals surface area contributed by atoms with Gasteiger partial charge in [-0.25, -0.2) is 9.78 Å². The highest BCUT2D eigenvalue weighted by Crippen LogP contribution is 2.40. The number of carboxylic acids is 1. The van der Waals surface area contributed by atoms with Gasteiger partial charge >= 0.3 is 5.97 Å². The van der Waals surface area contributed by atoms with Gasteiger partial charge in [-0.05, 0) is 49.4 Å². The van der Waals surface area contributed by atoms with Crippen molar-refractivity contribution in [3.8, 4) is 16.3 Å². The molecule has 1 aromatic heterocycles. The van der Waals surface area contributed by atoms with Gasteiger partial charge in [-0.2, -0.15) is 0 Å². The van der Waals surface area contributed by atoms with Crippen LogP contribution in [0.2, 0.25) is 0 Å². The number of carbonyl (C=O) groups excluding carboxylic acids is 1. The highest BCUT2D eigenvalue weighted by molar-refractivity contribution is 7.13. The van der Waals surface area contributed by atoms with Gasteiger partial charge in [0.25, 0.3) is 5.91 Å². The predicted molar refractivity (Wildman–Crippen MR) is 102 cm³/mol. The van der Waals surface area contributed by atoms with Crippen molar-refractivity contribution in [1.82, 2.24) is 9.88 Å². The lowest BCUT2D eigenvalue weighted by Gasteiger charge is -2.32. The zero-order chi connectivity index (χ0) is 19.0. The van der Waals surface area contributed by atoms with Crippen molar-refractivity contribution >= 4 is 23.2 Å². The molecule has 2 fully saturated rings. The molecule has 2 aromatic rings. The van der Waals surface area contributed by atoms with Gasteiger partial charge in [0.2, 0.25) is 0 Å². The van der Waals surface area contributed by atoms with E-state index in [4.69, 9.17) is 4.74 Å². The van der Waals surface area contributed by atoms with Crippen LogP contribution in [0.4, 0.5) is 0 Å². The van der Waals surface area contributed by atoms with Gasteiger partial charge in [0.1, 0.15) is 22.5 Å². The Morgan fingerprint density at radius 1 is 1.22 bits per heavy atom. The molecule has 3 unspecified atom stereocenters. The van der Waals surface area contributed by atoms with Gasteiger partial charge in [0.15, 0.2) is 0 Å². The molecule has 1 saturated carbocycles. The van der Waals surface area contributed by atoms with E-state index in [-0.39, 0.29) is 11.9 Å². The van der Waals surface area contributed by atoms with Crippen LogP contribution in [0.5, 0.6) is 5.75 Å². The van der Waals surface area contributed by atoms with Crippen LogP contribution in [-0.4, -0.2) is 46.1 Å². The fourth-order valence-corrected chi connectivity index (χ4v) is 5.14. The zero-order valence-electron chi connectivity index (χ0n) is 15.1. The van der Waals surface area contributed by atoms with Crippen molar-refractivity contribution in [2.45, 2.75) is 44.2 Å². The first-order valence-electron chi connectivity index (χ1n) is 9.24. The number of fused-ring (bicyclic) bond motifs is 1. The number of amides is 1. The van der Waals surface area contributed by atoms with E-state index in [1.807, 2.05) is 24.3 Å². The Hall–Kier alpha value is -2.41. The largest absolute Gasteiger partial charge is 0.497 e. The van der Waals surface area contributed by atoms with E-state index in [9.17, 15) is 14.7 Å². The summed E-state index contributed by atoms with van der Waals surface area (Å²) in [6, 6.07) is 6.80. The number of carbonyl (C=O) groups is 2. The first-order chi connectivity index (χ1) is 13.1. The molecule has 0 bridgehead atoms. The molecule has 1 aromatic carbocycles. The summed E-state index contributed by atoms with van der Waals surface area (Å²) in [5.41, 5.74) is 1.25. The van der Waals surface area contributed by atoms with Crippen LogP contribution in [0.25, 0.3) is 10.6 Å². The summed E-state index contributed by atoms with van der Waals surface area (Å²) in [6.07, 6.45) is 4.61. The molecule has 27 heavy (non-hydrogen) atoms. The second-order valence-electron chi connectivity index (χ2n) is 7.18. The summed E-state index contributed by atoms with van der Waals surface area (Å²) < 4.78 is 5.17. The lowest BCUT2D eigenvalue weighted by molar-refractivity contribution is -0.141. The summed E-state index contributed by atoms with van der Waals surface area (Å²) in [6.45, 7) is 0. The number of nitrogens with zero attached hydrogens (tertiary/aromatic N) is 2. The number of hydrogen-bond donors (Lipinski definition) is 1.